The monoisotopic (exact) mass is 343 g/mol. The zero-order valence-electron chi connectivity index (χ0n) is 11.9. The maximum absolute atomic E-state index is 11.3. The summed E-state index contributed by atoms with van der Waals surface area (Å²) >= 11 is 0.969. The molecule has 0 amide bonds. The normalized spacial score (nSPS) is 10.5. The van der Waals surface area contributed by atoms with Crippen LogP contribution in [0.3, 0.4) is 0 Å². The number of nitro benzene ring substituents is 1. The number of rotatable bonds is 5. The van der Waals surface area contributed by atoms with Gasteiger partial charge in [-0.3, -0.25) is 10.1 Å². The minimum atomic E-state index is -1.27. The van der Waals surface area contributed by atoms with Crippen molar-refractivity contribution in [1.29, 1.82) is 0 Å². The van der Waals surface area contributed by atoms with Gasteiger partial charge in [0, 0.05) is 17.0 Å². The molecule has 0 aliphatic carbocycles. The first-order valence-electron chi connectivity index (χ1n) is 6.59. The van der Waals surface area contributed by atoms with Crippen LogP contribution in [0, 0.1) is 10.1 Å². The van der Waals surface area contributed by atoms with Gasteiger partial charge in [-0.25, -0.2) is 4.79 Å². The number of aromatic carboxylic acids is 1. The number of carboxylic acids is 1. The third kappa shape index (κ3) is 3.22. The second kappa shape index (κ2) is 6.46. The van der Waals surface area contributed by atoms with Crippen LogP contribution in [0.1, 0.15) is 10.4 Å². The highest BCUT2D eigenvalue weighted by Gasteiger charge is 2.18. The van der Waals surface area contributed by atoms with Crippen LogP contribution in [0.4, 0.5) is 5.69 Å². The predicted octanol–water partition coefficient (Wildman–Crippen LogP) is 2.42. The Bertz CT molecular complexity index is 913. The van der Waals surface area contributed by atoms with E-state index >= 15 is 0 Å². The van der Waals surface area contributed by atoms with E-state index in [2.05, 4.69) is 15.4 Å². The number of carbonyl (C=O) groups is 1. The van der Waals surface area contributed by atoms with Crippen molar-refractivity contribution in [2.24, 2.45) is 0 Å². The number of non-ortho nitro benzene ring substituents is 1. The van der Waals surface area contributed by atoms with Gasteiger partial charge in [0.15, 0.2) is 0 Å². The van der Waals surface area contributed by atoms with Gasteiger partial charge in [-0.15, -0.1) is 15.0 Å². The summed E-state index contributed by atoms with van der Waals surface area (Å²) in [5, 5.41) is 32.2. The first kappa shape index (κ1) is 15.6. The molecule has 0 saturated carbocycles. The molecule has 0 radical (unpaired) electrons. The van der Waals surface area contributed by atoms with Crippen molar-refractivity contribution in [1.82, 2.24) is 20.2 Å². The smallest absolute Gasteiger partial charge is 0.337 e. The Kier molecular flexibility index (Phi) is 4.20. The van der Waals surface area contributed by atoms with Gasteiger partial charge in [-0.2, -0.15) is 0 Å². The molecule has 0 aliphatic heterocycles. The SMILES string of the molecule is O=C(O)c1cc([N+](=O)[O-])ccc1Sc1nnn(-c2ccccc2)n1. The second-order valence-corrected chi connectivity index (χ2v) is 5.55. The largest absolute Gasteiger partial charge is 0.478 e. The second-order valence-electron chi connectivity index (χ2n) is 4.54. The average molecular weight is 343 g/mol. The van der Waals surface area contributed by atoms with Gasteiger partial charge in [0.25, 0.3) is 5.69 Å². The van der Waals surface area contributed by atoms with Crippen molar-refractivity contribution in [3.63, 3.8) is 0 Å². The molecule has 0 aliphatic rings. The maximum atomic E-state index is 11.3. The lowest BCUT2D eigenvalue weighted by Crippen LogP contribution is -2.01. The molecule has 0 saturated heterocycles. The van der Waals surface area contributed by atoms with Gasteiger partial charge >= 0.3 is 5.97 Å². The zero-order chi connectivity index (χ0) is 17.1. The summed E-state index contributed by atoms with van der Waals surface area (Å²) in [6, 6.07) is 12.7. The van der Waals surface area contributed by atoms with Crippen LogP contribution in [-0.4, -0.2) is 36.2 Å². The highest BCUT2D eigenvalue weighted by molar-refractivity contribution is 7.99. The van der Waals surface area contributed by atoms with Crippen LogP contribution in [0.5, 0.6) is 0 Å². The van der Waals surface area contributed by atoms with E-state index in [1.165, 1.54) is 16.9 Å². The Morgan fingerprint density at radius 2 is 1.96 bits per heavy atom. The molecule has 1 aromatic heterocycles. The predicted molar refractivity (Wildman–Crippen MR) is 83.3 cm³/mol. The molecular formula is C14H9N5O4S. The van der Waals surface area contributed by atoms with Crippen LogP contribution in [-0.2, 0) is 0 Å². The van der Waals surface area contributed by atoms with Crippen molar-refractivity contribution in [3.8, 4) is 5.69 Å². The van der Waals surface area contributed by atoms with Crippen LogP contribution >= 0.6 is 11.8 Å². The van der Waals surface area contributed by atoms with Crippen molar-refractivity contribution in [2.75, 3.05) is 0 Å². The third-order valence-electron chi connectivity index (χ3n) is 2.99. The molecule has 2 aromatic carbocycles. The summed E-state index contributed by atoms with van der Waals surface area (Å²) in [4.78, 5) is 23.0. The molecule has 10 heteroatoms. The lowest BCUT2D eigenvalue weighted by atomic mass is 10.2. The molecule has 0 spiro atoms. The Hall–Kier alpha value is -3.27. The van der Waals surface area contributed by atoms with E-state index in [0.29, 0.717) is 10.6 Å². The summed E-state index contributed by atoms with van der Waals surface area (Å²) in [6.07, 6.45) is 0. The van der Waals surface area contributed by atoms with E-state index in [9.17, 15) is 20.0 Å². The van der Waals surface area contributed by atoms with Crippen molar-refractivity contribution >= 4 is 23.4 Å². The minimum Gasteiger partial charge on any atom is -0.478 e. The molecule has 0 unspecified atom stereocenters. The van der Waals surface area contributed by atoms with E-state index in [-0.39, 0.29) is 16.4 Å². The molecule has 24 heavy (non-hydrogen) atoms. The quantitative estimate of drug-likeness (QED) is 0.553. The molecule has 3 rings (SSSR count). The van der Waals surface area contributed by atoms with Gasteiger partial charge < -0.3 is 5.11 Å². The highest BCUT2D eigenvalue weighted by atomic mass is 32.2. The Labute approximate surface area is 139 Å². The number of tetrazole rings is 1. The lowest BCUT2D eigenvalue weighted by molar-refractivity contribution is -0.384. The van der Waals surface area contributed by atoms with Crippen molar-refractivity contribution < 1.29 is 14.8 Å². The van der Waals surface area contributed by atoms with E-state index in [1.54, 1.807) is 12.1 Å². The summed E-state index contributed by atoms with van der Waals surface area (Å²) in [5.41, 5.74) is 0.224. The fourth-order valence-electron chi connectivity index (χ4n) is 1.90. The highest BCUT2D eigenvalue weighted by Crippen LogP contribution is 2.30. The zero-order valence-corrected chi connectivity index (χ0v) is 12.8. The molecule has 1 heterocycles. The van der Waals surface area contributed by atoms with Gasteiger partial charge in [0.05, 0.1) is 16.2 Å². The van der Waals surface area contributed by atoms with Gasteiger partial charge in [0.1, 0.15) is 0 Å². The van der Waals surface area contributed by atoms with Crippen LogP contribution in [0.2, 0.25) is 0 Å². The molecule has 0 bridgehead atoms. The number of benzene rings is 2. The summed E-state index contributed by atoms with van der Waals surface area (Å²) < 4.78 is 0. The first-order chi connectivity index (χ1) is 11.5. The van der Waals surface area contributed by atoms with Crippen LogP contribution in [0.15, 0.2) is 58.6 Å². The van der Waals surface area contributed by atoms with Gasteiger partial charge in [-0.1, -0.05) is 18.2 Å². The van der Waals surface area contributed by atoms with E-state index in [1.807, 2.05) is 18.2 Å². The lowest BCUT2D eigenvalue weighted by Gasteiger charge is -2.02. The van der Waals surface area contributed by atoms with E-state index in [0.717, 1.165) is 17.8 Å². The van der Waals surface area contributed by atoms with Crippen molar-refractivity contribution in [3.05, 3.63) is 64.2 Å². The third-order valence-corrected chi connectivity index (χ3v) is 3.91. The molecular weight excluding hydrogens is 334 g/mol. The van der Waals surface area contributed by atoms with Crippen LogP contribution in [0.25, 0.3) is 5.69 Å². The number of aromatic nitrogens is 4. The number of hydrogen-bond donors (Lipinski definition) is 1. The Morgan fingerprint density at radius 1 is 1.21 bits per heavy atom. The minimum absolute atomic E-state index is 0.190. The fourth-order valence-corrected chi connectivity index (χ4v) is 2.68. The number of nitrogens with zero attached hydrogens (tertiary/aromatic N) is 5. The molecule has 120 valence electrons. The molecule has 9 nitrogen and oxygen atoms in total. The van der Waals surface area contributed by atoms with Crippen LogP contribution < -0.4 is 0 Å². The number of para-hydroxylation sites is 1. The first-order valence-corrected chi connectivity index (χ1v) is 7.41. The van der Waals surface area contributed by atoms with E-state index in [4.69, 9.17) is 0 Å². The van der Waals surface area contributed by atoms with E-state index < -0.39 is 10.9 Å². The Balaban J connectivity index is 1.90. The average Bonchev–Trinajstić information content (AvgIpc) is 3.04. The number of carboxylic acid groups (broad SMARTS) is 1. The molecule has 0 atom stereocenters. The molecule has 0 fully saturated rings. The molecule has 1 N–H and O–H groups in total. The number of nitro groups is 1. The Morgan fingerprint density at radius 3 is 2.62 bits per heavy atom. The summed E-state index contributed by atoms with van der Waals surface area (Å²) in [7, 11) is 0. The maximum Gasteiger partial charge on any atom is 0.337 e. The van der Waals surface area contributed by atoms with Gasteiger partial charge in [-0.05, 0) is 35.2 Å². The van der Waals surface area contributed by atoms with Crippen molar-refractivity contribution in [2.45, 2.75) is 10.1 Å². The van der Waals surface area contributed by atoms with Gasteiger partial charge in [0.2, 0.25) is 5.16 Å². The summed E-state index contributed by atoms with van der Waals surface area (Å²) in [6.45, 7) is 0. The fraction of sp³-hybridized carbons (Fsp3) is 0. The topological polar surface area (TPSA) is 124 Å². The standard InChI is InChI=1S/C14H9N5O4S/c20-13(21)11-8-10(19(22)23)6-7-12(11)24-14-15-17-18(16-14)9-4-2-1-3-5-9/h1-8H,(H,20,21). The summed E-state index contributed by atoms with van der Waals surface area (Å²) in [5.74, 6) is -1.27. The number of hydrogen-bond acceptors (Lipinski definition) is 7. The molecule has 3 aromatic rings.